The minimum atomic E-state index is 0.512. The second-order valence-corrected chi connectivity index (χ2v) is 1.73. The van der Waals surface area contributed by atoms with Crippen LogP contribution in [0.2, 0.25) is 0 Å². The Morgan fingerprint density at radius 2 is 2.70 bits per heavy atom. The Kier molecular flexibility index (Phi) is 1.99. The third-order valence-corrected chi connectivity index (χ3v) is 1.14. The molecule has 0 radical (unpaired) electrons. The van der Waals surface area contributed by atoms with Gasteiger partial charge in [-0.2, -0.15) is 5.10 Å². The van der Waals surface area contributed by atoms with Crippen LogP contribution in [0.4, 0.5) is 0 Å². The molecule has 5 nitrogen and oxygen atoms in total. The molecule has 0 saturated carbocycles. The van der Waals surface area contributed by atoms with Crippen LogP contribution in [0.3, 0.4) is 0 Å². The number of hydrogen-bond acceptors (Lipinski definition) is 4. The van der Waals surface area contributed by atoms with Gasteiger partial charge in [0.2, 0.25) is 0 Å². The van der Waals surface area contributed by atoms with E-state index in [1.54, 1.807) is 0 Å². The van der Waals surface area contributed by atoms with Gasteiger partial charge in [-0.15, -0.1) is 0 Å². The monoisotopic (exact) mass is 140 g/mol. The topological polar surface area (TPSA) is 74.2 Å². The summed E-state index contributed by atoms with van der Waals surface area (Å²) in [6.07, 6.45) is 2.00. The van der Waals surface area contributed by atoms with E-state index in [0.717, 1.165) is 0 Å². The molecule has 0 amide bonds. The molecule has 0 aromatic carbocycles. The fourth-order valence-corrected chi connectivity index (χ4v) is 0.630. The fourth-order valence-electron chi connectivity index (χ4n) is 0.630. The predicted molar refractivity (Wildman–Crippen MR) is 35.0 cm³/mol. The van der Waals surface area contributed by atoms with Crippen LogP contribution >= 0.6 is 0 Å². The molecule has 1 aromatic rings. The molecule has 5 heteroatoms. The maximum absolute atomic E-state index is 8.40. The summed E-state index contributed by atoms with van der Waals surface area (Å²) >= 11 is 0. The van der Waals surface area contributed by atoms with Crippen LogP contribution in [0.5, 0.6) is 0 Å². The second-order valence-electron chi connectivity index (χ2n) is 1.73. The summed E-state index contributed by atoms with van der Waals surface area (Å²) in [5.74, 6) is 0.519. The summed E-state index contributed by atoms with van der Waals surface area (Å²) in [7, 11) is 0. The molecule has 0 atom stereocenters. The zero-order chi connectivity index (χ0) is 7.40. The number of nitrogens with zero attached hydrogens (tertiary/aromatic N) is 3. The molecule has 0 aliphatic rings. The largest absolute Gasteiger partial charge is 0.411 e. The lowest BCUT2D eigenvalue weighted by atomic mass is 10.3. The van der Waals surface area contributed by atoms with E-state index in [-0.39, 0.29) is 0 Å². The van der Waals surface area contributed by atoms with Crippen molar-refractivity contribution in [2.75, 3.05) is 0 Å². The smallest absolute Gasteiger partial charge is 0.173 e. The summed E-state index contributed by atoms with van der Waals surface area (Å²) in [6, 6.07) is 0. The van der Waals surface area contributed by atoms with E-state index in [0.29, 0.717) is 18.0 Å². The van der Waals surface area contributed by atoms with Crippen molar-refractivity contribution < 1.29 is 5.21 Å². The van der Waals surface area contributed by atoms with E-state index >= 15 is 0 Å². The highest BCUT2D eigenvalue weighted by molar-refractivity contribution is 5.96. The minimum Gasteiger partial charge on any atom is -0.411 e. The van der Waals surface area contributed by atoms with Crippen molar-refractivity contribution in [3.8, 4) is 0 Å². The molecule has 54 valence electrons. The van der Waals surface area contributed by atoms with Gasteiger partial charge >= 0.3 is 0 Å². The number of rotatable bonds is 2. The molecule has 0 unspecified atom stereocenters. The molecule has 0 fully saturated rings. The first-order valence-corrected chi connectivity index (χ1v) is 2.95. The van der Waals surface area contributed by atoms with Crippen molar-refractivity contribution in [3.05, 3.63) is 12.2 Å². The number of nitrogens with one attached hydrogen (secondary N) is 1. The van der Waals surface area contributed by atoms with Crippen molar-refractivity contribution >= 4 is 5.71 Å². The second kappa shape index (κ2) is 2.95. The molecule has 0 bridgehead atoms. The molecule has 0 aliphatic carbocycles. The van der Waals surface area contributed by atoms with Gasteiger partial charge in [0.25, 0.3) is 0 Å². The van der Waals surface area contributed by atoms with Gasteiger partial charge < -0.3 is 5.21 Å². The number of oxime groups is 1. The van der Waals surface area contributed by atoms with Crippen LogP contribution in [0.1, 0.15) is 19.2 Å². The van der Waals surface area contributed by atoms with Gasteiger partial charge in [-0.05, 0) is 6.42 Å². The first-order valence-electron chi connectivity index (χ1n) is 2.95. The highest BCUT2D eigenvalue weighted by Crippen LogP contribution is 1.93. The molecular weight excluding hydrogens is 132 g/mol. The SMILES string of the molecule is CCC(=NO)c1ncn[nH]1. The summed E-state index contributed by atoms with van der Waals surface area (Å²) in [6.45, 7) is 1.87. The van der Waals surface area contributed by atoms with E-state index in [9.17, 15) is 0 Å². The fraction of sp³-hybridized carbons (Fsp3) is 0.400. The van der Waals surface area contributed by atoms with Crippen LogP contribution < -0.4 is 0 Å². The Labute approximate surface area is 57.8 Å². The molecular formula is C5H8N4O. The molecule has 1 aromatic heterocycles. The third kappa shape index (κ3) is 1.12. The summed E-state index contributed by atoms with van der Waals surface area (Å²) < 4.78 is 0. The first kappa shape index (κ1) is 6.73. The highest BCUT2D eigenvalue weighted by Gasteiger charge is 2.02. The zero-order valence-electron chi connectivity index (χ0n) is 5.57. The first-order chi connectivity index (χ1) is 4.88. The maximum Gasteiger partial charge on any atom is 0.173 e. The van der Waals surface area contributed by atoms with Gasteiger partial charge in [-0.1, -0.05) is 12.1 Å². The van der Waals surface area contributed by atoms with Gasteiger partial charge in [0.05, 0.1) is 0 Å². The van der Waals surface area contributed by atoms with Crippen molar-refractivity contribution in [1.29, 1.82) is 0 Å². The number of hydrogen-bond donors (Lipinski definition) is 2. The Morgan fingerprint density at radius 3 is 3.10 bits per heavy atom. The third-order valence-electron chi connectivity index (χ3n) is 1.14. The lowest BCUT2D eigenvalue weighted by Gasteiger charge is -1.91. The summed E-state index contributed by atoms with van der Waals surface area (Å²) in [5.41, 5.74) is 0.512. The van der Waals surface area contributed by atoms with Crippen LogP contribution in [-0.4, -0.2) is 26.1 Å². The Morgan fingerprint density at radius 1 is 1.90 bits per heavy atom. The highest BCUT2D eigenvalue weighted by atomic mass is 16.4. The van der Waals surface area contributed by atoms with Gasteiger partial charge in [0.15, 0.2) is 5.82 Å². The maximum atomic E-state index is 8.40. The quantitative estimate of drug-likeness (QED) is 0.354. The summed E-state index contributed by atoms with van der Waals surface area (Å²) in [4.78, 5) is 3.80. The predicted octanol–water partition coefficient (Wildman–Crippen LogP) is 0.393. The Bertz CT molecular complexity index is 216. The van der Waals surface area contributed by atoms with E-state index < -0.39 is 0 Å². The van der Waals surface area contributed by atoms with Crippen LogP contribution in [0, 0.1) is 0 Å². The van der Waals surface area contributed by atoms with Gasteiger partial charge in [-0.25, -0.2) is 4.98 Å². The van der Waals surface area contributed by atoms with Crippen LogP contribution in [0.25, 0.3) is 0 Å². The molecule has 0 spiro atoms. The molecule has 1 rings (SSSR count). The summed E-state index contributed by atoms with van der Waals surface area (Å²) in [5, 5.41) is 17.6. The number of aromatic nitrogens is 3. The van der Waals surface area contributed by atoms with Crippen LogP contribution in [-0.2, 0) is 0 Å². The number of aromatic amines is 1. The zero-order valence-corrected chi connectivity index (χ0v) is 5.57. The standard InChI is InChI=1S/C5H8N4O/c1-2-4(9-10)5-6-3-7-8-5/h3,10H,2H2,1H3,(H,6,7,8). The van der Waals surface area contributed by atoms with E-state index in [2.05, 4.69) is 20.3 Å². The van der Waals surface area contributed by atoms with Gasteiger partial charge in [0.1, 0.15) is 12.0 Å². The van der Waals surface area contributed by atoms with E-state index in [1.807, 2.05) is 6.92 Å². The lowest BCUT2D eigenvalue weighted by molar-refractivity contribution is 0.318. The van der Waals surface area contributed by atoms with Crippen molar-refractivity contribution in [2.45, 2.75) is 13.3 Å². The van der Waals surface area contributed by atoms with Gasteiger partial charge in [0, 0.05) is 0 Å². The van der Waals surface area contributed by atoms with Crippen LogP contribution in [0.15, 0.2) is 11.5 Å². The molecule has 2 N–H and O–H groups in total. The normalized spacial score (nSPS) is 11.9. The molecule has 10 heavy (non-hydrogen) atoms. The number of H-pyrrole nitrogens is 1. The van der Waals surface area contributed by atoms with Crippen molar-refractivity contribution in [1.82, 2.24) is 15.2 Å². The molecule has 0 saturated heterocycles. The molecule has 0 aliphatic heterocycles. The van der Waals surface area contributed by atoms with Crippen molar-refractivity contribution in [2.24, 2.45) is 5.16 Å². The molecule has 1 heterocycles. The Balaban J connectivity index is 2.85. The van der Waals surface area contributed by atoms with Gasteiger partial charge in [-0.3, -0.25) is 5.10 Å². The Hall–Kier alpha value is -1.39. The lowest BCUT2D eigenvalue weighted by Crippen LogP contribution is -2.01. The van der Waals surface area contributed by atoms with E-state index in [4.69, 9.17) is 5.21 Å². The van der Waals surface area contributed by atoms with E-state index in [1.165, 1.54) is 6.33 Å². The average Bonchev–Trinajstić information content (AvgIpc) is 2.43. The minimum absolute atomic E-state index is 0.512. The van der Waals surface area contributed by atoms with Crippen molar-refractivity contribution in [3.63, 3.8) is 0 Å². The average molecular weight is 140 g/mol.